The van der Waals surface area contributed by atoms with Gasteiger partial charge in [0.2, 0.25) is 15.8 Å². The highest BCUT2D eigenvalue weighted by Gasteiger charge is 2.32. The van der Waals surface area contributed by atoms with E-state index < -0.39 is 50.2 Å². The molecule has 196 valence electrons. The van der Waals surface area contributed by atoms with Crippen molar-refractivity contribution in [1.29, 1.82) is 0 Å². The summed E-state index contributed by atoms with van der Waals surface area (Å²) in [5.41, 5.74) is -0.193. The van der Waals surface area contributed by atoms with Gasteiger partial charge in [-0.05, 0) is 82.4 Å². The number of benzene rings is 1. The van der Waals surface area contributed by atoms with Crippen LogP contribution < -0.4 is 14.2 Å². The molecule has 1 aliphatic heterocycles. The van der Waals surface area contributed by atoms with Crippen molar-refractivity contribution in [1.82, 2.24) is 14.6 Å². The van der Waals surface area contributed by atoms with E-state index in [9.17, 15) is 22.0 Å². The molecular formula is C25H31F2N3O5S. The van der Waals surface area contributed by atoms with E-state index in [4.69, 9.17) is 9.47 Å². The summed E-state index contributed by atoms with van der Waals surface area (Å²) in [5, 5.41) is -0.767. The zero-order chi connectivity index (χ0) is 25.9. The molecule has 2 fully saturated rings. The Morgan fingerprint density at radius 1 is 1.14 bits per heavy atom. The predicted molar refractivity (Wildman–Crippen MR) is 129 cm³/mol. The molecule has 8 nitrogen and oxygen atoms in total. The summed E-state index contributed by atoms with van der Waals surface area (Å²) in [6, 6.07) is 5.60. The van der Waals surface area contributed by atoms with Crippen molar-refractivity contribution in [2.45, 2.75) is 50.4 Å². The van der Waals surface area contributed by atoms with Crippen LogP contribution in [0.4, 0.5) is 8.78 Å². The van der Waals surface area contributed by atoms with E-state index in [0.29, 0.717) is 56.3 Å². The van der Waals surface area contributed by atoms with Gasteiger partial charge in [0.15, 0.2) is 11.6 Å². The fourth-order valence-corrected chi connectivity index (χ4v) is 5.40. The lowest BCUT2D eigenvalue weighted by atomic mass is 10.1. The number of amides is 1. The second-order valence-electron chi connectivity index (χ2n) is 9.41. The number of sulfonamides is 1. The number of halogens is 2. The zero-order valence-corrected chi connectivity index (χ0v) is 21.2. The number of hydrogen-bond donors (Lipinski definition) is 1. The Kier molecular flexibility index (Phi) is 8.09. The number of likely N-dealkylation sites (tertiary alicyclic amines) is 1. The third-order valence-corrected chi connectivity index (χ3v) is 8.36. The van der Waals surface area contributed by atoms with Crippen LogP contribution in [-0.4, -0.2) is 56.2 Å². The lowest BCUT2D eigenvalue weighted by Gasteiger charge is -2.28. The molecule has 11 heteroatoms. The highest BCUT2D eigenvalue weighted by Crippen LogP contribution is 2.31. The molecular weight excluding hydrogens is 492 g/mol. The van der Waals surface area contributed by atoms with Crippen LogP contribution in [0.25, 0.3) is 0 Å². The molecule has 0 spiro atoms. The molecule has 2 aromatic rings. The molecule has 1 atom stereocenters. The van der Waals surface area contributed by atoms with Crippen molar-refractivity contribution in [2.75, 3.05) is 26.7 Å². The lowest BCUT2D eigenvalue weighted by Crippen LogP contribution is -2.44. The van der Waals surface area contributed by atoms with Crippen LogP contribution in [0.2, 0.25) is 0 Å². The number of pyridine rings is 1. The fraction of sp³-hybridized carbons (Fsp3) is 0.520. The molecule has 1 aromatic carbocycles. The first-order chi connectivity index (χ1) is 17.2. The smallest absolute Gasteiger partial charge is 0.267 e. The Labute approximate surface area is 210 Å². The minimum atomic E-state index is -4.03. The maximum atomic E-state index is 14.8. The summed E-state index contributed by atoms with van der Waals surface area (Å²) in [4.78, 5) is 18.8. The van der Waals surface area contributed by atoms with E-state index in [2.05, 4.69) is 4.98 Å². The van der Waals surface area contributed by atoms with E-state index in [1.807, 2.05) is 23.6 Å². The van der Waals surface area contributed by atoms with Crippen LogP contribution in [0.5, 0.6) is 11.5 Å². The van der Waals surface area contributed by atoms with Gasteiger partial charge in [0, 0.05) is 0 Å². The fourth-order valence-electron chi connectivity index (χ4n) is 4.03. The van der Waals surface area contributed by atoms with Crippen molar-refractivity contribution >= 4 is 15.9 Å². The first-order valence-electron chi connectivity index (χ1n) is 12.2. The Balaban J connectivity index is 1.42. The van der Waals surface area contributed by atoms with Crippen LogP contribution in [0.1, 0.15) is 61.2 Å². The van der Waals surface area contributed by atoms with Gasteiger partial charge >= 0.3 is 0 Å². The number of aromatic nitrogens is 1. The van der Waals surface area contributed by atoms with Crippen molar-refractivity contribution in [3.8, 4) is 11.5 Å². The Morgan fingerprint density at radius 2 is 1.86 bits per heavy atom. The standard InChI is InChI=1S/C25H31F2N3O5S/c1-3-21(20-8-6-17(14-28-20)34-15-16-4-5-16)35-22-9-7-19(23(26)24(22)27)25(31)29-36(32,33)18-10-12-30(2)13-11-18/h6-9,14,16,18,21H,3-5,10-13,15H2,1-2H3,(H,29,31)/t21-/m1/s1. The maximum absolute atomic E-state index is 14.8. The van der Waals surface area contributed by atoms with Crippen LogP contribution in [0, 0.1) is 17.6 Å². The molecule has 1 aromatic heterocycles. The molecule has 36 heavy (non-hydrogen) atoms. The number of nitrogens with one attached hydrogen (secondary N) is 1. The molecule has 4 rings (SSSR count). The van der Waals surface area contributed by atoms with Gasteiger partial charge in [-0.15, -0.1) is 0 Å². The number of piperidine rings is 1. The van der Waals surface area contributed by atoms with E-state index in [0.717, 1.165) is 12.1 Å². The van der Waals surface area contributed by atoms with Crippen LogP contribution >= 0.6 is 0 Å². The first-order valence-corrected chi connectivity index (χ1v) is 13.7. The maximum Gasteiger partial charge on any atom is 0.267 e. The summed E-state index contributed by atoms with van der Waals surface area (Å²) in [6.45, 7) is 3.60. The average Bonchev–Trinajstić information content (AvgIpc) is 3.69. The van der Waals surface area contributed by atoms with Gasteiger partial charge in [-0.1, -0.05) is 6.92 Å². The number of rotatable bonds is 10. The van der Waals surface area contributed by atoms with Gasteiger partial charge < -0.3 is 14.4 Å². The minimum Gasteiger partial charge on any atom is -0.492 e. The lowest BCUT2D eigenvalue weighted by molar-refractivity contribution is 0.0975. The predicted octanol–water partition coefficient (Wildman–Crippen LogP) is 3.83. The summed E-state index contributed by atoms with van der Waals surface area (Å²) < 4.78 is 68.0. The summed E-state index contributed by atoms with van der Waals surface area (Å²) in [6.07, 6.45) is 4.38. The van der Waals surface area contributed by atoms with Crippen LogP contribution in [-0.2, 0) is 10.0 Å². The quantitative estimate of drug-likeness (QED) is 0.505. The summed E-state index contributed by atoms with van der Waals surface area (Å²) in [7, 11) is -2.15. The molecule has 0 unspecified atom stereocenters. The van der Waals surface area contributed by atoms with Crippen molar-refractivity contribution in [2.24, 2.45) is 5.92 Å². The van der Waals surface area contributed by atoms with Gasteiger partial charge in [0.05, 0.1) is 29.3 Å². The van der Waals surface area contributed by atoms with E-state index >= 15 is 0 Å². The molecule has 2 aliphatic rings. The van der Waals surface area contributed by atoms with Gasteiger partial charge in [-0.25, -0.2) is 17.5 Å². The first kappa shape index (κ1) is 26.3. The molecule has 1 aliphatic carbocycles. The number of nitrogens with zero attached hydrogens (tertiary/aromatic N) is 2. The van der Waals surface area contributed by atoms with Crippen molar-refractivity contribution < 1.29 is 31.5 Å². The molecule has 0 radical (unpaired) electrons. The molecule has 1 amide bonds. The normalized spacial score (nSPS) is 18.0. The van der Waals surface area contributed by atoms with Gasteiger partial charge in [0.1, 0.15) is 11.9 Å². The van der Waals surface area contributed by atoms with Gasteiger partial charge in [-0.3, -0.25) is 9.78 Å². The topological polar surface area (TPSA) is 97.8 Å². The number of ether oxygens (including phenoxy) is 2. The molecule has 1 saturated heterocycles. The molecule has 1 saturated carbocycles. The third-order valence-electron chi connectivity index (χ3n) is 6.54. The largest absolute Gasteiger partial charge is 0.492 e. The molecule has 1 N–H and O–H groups in total. The van der Waals surface area contributed by atoms with Crippen LogP contribution in [0.3, 0.4) is 0 Å². The second-order valence-corrected chi connectivity index (χ2v) is 11.4. The Bertz CT molecular complexity index is 1180. The average molecular weight is 524 g/mol. The Morgan fingerprint density at radius 3 is 2.47 bits per heavy atom. The monoisotopic (exact) mass is 523 g/mol. The van der Waals surface area contributed by atoms with E-state index in [1.165, 1.54) is 12.8 Å². The van der Waals surface area contributed by atoms with Crippen molar-refractivity contribution in [3.63, 3.8) is 0 Å². The second kappa shape index (κ2) is 11.1. The molecule has 2 heterocycles. The van der Waals surface area contributed by atoms with Crippen molar-refractivity contribution in [3.05, 3.63) is 53.4 Å². The highest BCUT2D eigenvalue weighted by atomic mass is 32.2. The molecule has 0 bridgehead atoms. The van der Waals surface area contributed by atoms with Gasteiger partial charge in [-0.2, -0.15) is 4.39 Å². The SMILES string of the molecule is CC[C@@H](Oc1ccc(C(=O)NS(=O)(=O)C2CCN(C)CC2)c(F)c1F)c1ccc(OCC2CC2)cn1. The minimum absolute atomic E-state index is 0.350. The Hall–Kier alpha value is -2.79. The highest BCUT2D eigenvalue weighted by molar-refractivity contribution is 7.90. The number of hydrogen-bond acceptors (Lipinski definition) is 7. The number of carbonyl (C=O) groups is 1. The zero-order valence-electron chi connectivity index (χ0n) is 20.4. The van der Waals surface area contributed by atoms with E-state index in [1.54, 1.807) is 18.3 Å². The van der Waals surface area contributed by atoms with Crippen LogP contribution in [0.15, 0.2) is 30.5 Å². The summed E-state index contributed by atoms with van der Waals surface area (Å²) in [5.74, 6) is -3.23. The third kappa shape index (κ3) is 6.31. The van der Waals surface area contributed by atoms with Gasteiger partial charge in [0.25, 0.3) is 5.91 Å². The summed E-state index contributed by atoms with van der Waals surface area (Å²) >= 11 is 0. The number of carbonyl (C=O) groups excluding carboxylic acids is 1. The van der Waals surface area contributed by atoms with E-state index in [-0.39, 0.29) is 0 Å².